The van der Waals surface area contributed by atoms with E-state index in [1.807, 2.05) is 78.9 Å². The highest BCUT2D eigenvalue weighted by Gasteiger charge is 2.31. The summed E-state index contributed by atoms with van der Waals surface area (Å²) < 4.78 is 6.20. The fourth-order valence-corrected chi connectivity index (χ4v) is 2.94. The third kappa shape index (κ3) is 2.01. The third-order valence-electron chi connectivity index (χ3n) is 3.97. The van der Waals surface area contributed by atoms with Gasteiger partial charge in [0.1, 0.15) is 5.75 Å². The molecule has 106 valence electrons. The average Bonchev–Trinajstić information content (AvgIpc) is 2.59. The molecule has 0 N–H and O–H groups in total. The summed E-state index contributed by atoms with van der Waals surface area (Å²) in [5.41, 5.74) is 3.30. The molecule has 0 radical (unpaired) electrons. The molecule has 0 unspecified atom stereocenters. The van der Waals surface area contributed by atoms with E-state index in [9.17, 15) is 4.79 Å². The van der Waals surface area contributed by atoms with Crippen LogP contribution in [0.4, 0.5) is 0 Å². The summed E-state index contributed by atoms with van der Waals surface area (Å²) in [6.45, 7) is 0. The molecule has 2 heteroatoms. The van der Waals surface area contributed by atoms with Crippen molar-refractivity contribution in [3.05, 3.63) is 101 Å². The number of para-hydroxylation sites is 1. The second kappa shape index (κ2) is 5.15. The average molecular weight is 286 g/mol. The smallest absolute Gasteiger partial charge is 0.193 e. The highest BCUT2D eigenvalue weighted by molar-refractivity contribution is 6.12. The predicted octanol–water partition coefficient (Wildman–Crippen LogP) is 4.40. The van der Waals surface area contributed by atoms with Crippen molar-refractivity contribution in [1.82, 2.24) is 0 Å². The molecule has 0 bridgehead atoms. The highest BCUT2D eigenvalue weighted by Crippen LogP contribution is 2.37. The van der Waals surface area contributed by atoms with Gasteiger partial charge in [0.25, 0.3) is 0 Å². The minimum absolute atomic E-state index is 0.0686. The van der Waals surface area contributed by atoms with Gasteiger partial charge in [-0.05, 0) is 12.1 Å². The van der Waals surface area contributed by atoms with Crippen LogP contribution in [0.2, 0.25) is 0 Å². The monoisotopic (exact) mass is 286 g/mol. The molecule has 0 aromatic heterocycles. The number of carbonyl (C=O) groups is 1. The Labute approximate surface area is 129 Å². The molecule has 0 amide bonds. The third-order valence-corrected chi connectivity index (χ3v) is 3.97. The molecule has 0 spiro atoms. The first-order valence-corrected chi connectivity index (χ1v) is 7.29. The van der Waals surface area contributed by atoms with Crippen LogP contribution in [0.25, 0.3) is 0 Å². The second-order valence-electron chi connectivity index (χ2n) is 5.31. The van der Waals surface area contributed by atoms with Gasteiger partial charge in [-0.1, -0.05) is 66.7 Å². The fraction of sp³-hybridized carbons (Fsp3) is 0.0500. The molecule has 0 saturated carbocycles. The summed E-state index contributed by atoms with van der Waals surface area (Å²) in [5.74, 6) is 0.866. The molecule has 0 aliphatic heterocycles. The van der Waals surface area contributed by atoms with Gasteiger partial charge in [-0.2, -0.15) is 0 Å². The van der Waals surface area contributed by atoms with E-state index in [0.717, 1.165) is 28.0 Å². The quantitative estimate of drug-likeness (QED) is 0.698. The molecule has 0 heterocycles. The Morgan fingerprint density at radius 1 is 0.636 bits per heavy atom. The number of fused-ring (bicyclic) bond motifs is 2. The van der Waals surface area contributed by atoms with Gasteiger partial charge in [0.15, 0.2) is 11.9 Å². The molecule has 0 saturated heterocycles. The lowest BCUT2D eigenvalue weighted by atomic mass is 9.83. The summed E-state index contributed by atoms with van der Waals surface area (Å²) in [6.07, 6.45) is -0.257. The highest BCUT2D eigenvalue weighted by atomic mass is 16.5. The van der Waals surface area contributed by atoms with Crippen molar-refractivity contribution in [2.75, 3.05) is 0 Å². The molecule has 2 nitrogen and oxygen atoms in total. The lowest BCUT2D eigenvalue weighted by Crippen LogP contribution is -2.22. The number of hydrogen-bond acceptors (Lipinski definition) is 2. The van der Waals surface area contributed by atoms with E-state index < -0.39 is 0 Å². The molecule has 1 aliphatic carbocycles. The van der Waals surface area contributed by atoms with Crippen molar-refractivity contribution >= 4 is 5.78 Å². The molecule has 0 atom stereocenters. The van der Waals surface area contributed by atoms with Gasteiger partial charge >= 0.3 is 0 Å². The van der Waals surface area contributed by atoms with E-state index in [-0.39, 0.29) is 11.9 Å². The summed E-state index contributed by atoms with van der Waals surface area (Å²) in [4.78, 5) is 12.7. The molecule has 0 fully saturated rings. The predicted molar refractivity (Wildman–Crippen MR) is 85.2 cm³/mol. The summed E-state index contributed by atoms with van der Waals surface area (Å²) in [7, 11) is 0. The molecule has 1 aliphatic rings. The van der Waals surface area contributed by atoms with E-state index in [1.165, 1.54) is 0 Å². The molecular formula is C20H14O2. The Morgan fingerprint density at radius 2 is 1.14 bits per heavy atom. The number of rotatable bonds is 2. The number of ketones is 1. The van der Waals surface area contributed by atoms with Crippen LogP contribution in [0.3, 0.4) is 0 Å². The number of hydrogen-bond donors (Lipinski definition) is 0. The van der Waals surface area contributed by atoms with Crippen molar-refractivity contribution in [3.8, 4) is 5.75 Å². The molecular weight excluding hydrogens is 272 g/mol. The van der Waals surface area contributed by atoms with Crippen molar-refractivity contribution in [2.45, 2.75) is 6.10 Å². The van der Waals surface area contributed by atoms with E-state index in [0.29, 0.717) is 0 Å². The van der Waals surface area contributed by atoms with Crippen LogP contribution in [0, 0.1) is 0 Å². The zero-order valence-corrected chi connectivity index (χ0v) is 11.9. The first-order valence-electron chi connectivity index (χ1n) is 7.29. The Hall–Kier alpha value is -2.87. The maximum Gasteiger partial charge on any atom is 0.193 e. The van der Waals surface area contributed by atoms with Gasteiger partial charge in [0.05, 0.1) is 0 Å². The SMILES string of the molecule is O=C1c2ccccc2C(Oc2ccccc2)c2ccccc21. The summed E-state index contributed by atoms with van der Waals surface area (Å²) in [5, 5.41) is 0. The maximum atomic E-state index is 12.7. The van der Waals surface area contributed by atoms with Crippen LogP contribution in [0.15, 0.2) is 78.9 Å². The number of carbonyl (C=O) groups excluding carboxylic acids is 1. The van der Waals surface area contributed by atoms with Crippen molar-refractivity contribution in [1.29, 1.82) is 0 Å². The van der Waals surface area contributed by atoms with E-state index in [2.05, 4.69) is 0 Å². The zero-order chi connectivity index (χ0) is 14.9. The first-order chi connectivity index (χ1) is 10.8. The van der Waals surface area contributed by atoms with Crippen molar-refractivity contribution in [3.63, 3.8) is 0 Å². The van der Waals surface area contributed by atoms with Gasteiger partial charge < -0.3 is 4.74 Å². The summed E-state index contributed by atoms with van der Waals surface area (Å²) in [6, 6.07) is 25.1. The molecule has 4 rings (SSSR count). The van der Waals surface area contributed by atoms with Crippen LogP contribution in [0.5, 0.6) is 5.75 Å². The van der Waals surface area contributed by atoms with Gasteiger partial charge in [-0.15, -0.1) is 0 Å². The normalized spacial score (nSPS) is 13.4. The Bertz CT molecular complexity index is 788. The standard InChI is InChI=1S/C20H14O2/c21-19-15-10-4-6-12-17(15)20(18-13-7-5-11-16(18)19)22-14-8-2-1-3-9-14/h1-13,20H. The Kier molecular flexibility index (Phi) is 3.01. The number of ether oxygens (including phenoxy) is 1. The maximum absolute atomic E-state index is 12.7. The van der Waals surface area contributed by atoms with Crippen LogP contribution in [-0.2, 0) is 0 Å². The minimum Gasteiger partial charge on any atom is -0.481 e. The summed E-state index contributed by atoms with van der Waals surface area (Å²) >= 11 is 0. The van der Waals surface area contributed by atoms with E-state index >= 15 is 0 Å². The first kappa shape index (κ1) is 12.8. The fourth-order valence-electron chi connectivity index (χ4n) is 2.94. The molecule has 3 aromatic carbocycles. The lowest BCUT2D eigenvalue weighted by molar-refractivity contribution is 0.102. The molecule has 3 aromatic rings. The largest absolute Gasteiger partial charge is 0.481 e. The Morgan fingerprint density at radius 3 is 1.73 bits per heavy atom. The van der Waals surface area contributed by atoms with Gasteiger partial charge in [-0.25, -0.2) is 0 Å². The Balaban J connectivity index is 1.87. The van der Waals surface area contributed by atoms with E-state index in [1.54, 1.807) is 0 Å². The topological polar surface area (TPSA) is 26.3 Å². The zero-order valence-electron chi connectivity index (χ0n) is 11.9. The second-order valence-corrected chi connectivity index (χ2v) is 5.31. The van der Waals surface area contributed by atoms with Crippen LogP contribution >= 0.6 is 0 Å². The van der Waals surface area contributed by atoms with Crippen molar-refractivity contribution < 1.29 is 9.53 Å². The lowest BCUT2D eigenvalue weighted by Gasteiger charge is -2.28. The number of benzene rings is 3. The van der Waals surface area contributed by atoms with Gasteiger partial charge in [-0.3, -0.25) is 4.79 Å². The van der Waals surface area contributed by atoms with E-state index in [4.69, 9.17) is 4.74 Å². The van der Waals surface area contributed by atoms with Crippen molar-refractivity contribution in [2.24, 2.45) is 0 Å². The van der Waals surface area contributed by atoms with Gasteiger partial charge in [0, 0.05) is 22.3 Å². The van der Waals surface area contributed by atoms with Crippen LogP contribution in [0.1, 0.15) is 33.2 Å². The van der Waals surface area contributed by atoms with Crippen LogP contribution < -0.4 is 4.74 Å². The van der Waals surface area contributed by atoms with Crippen LogP contribution in [-0.4, -0.2) is 5.78 Å². The van der Waals surface area contributed by atoms with Gasteiger partial charge in [0.2, 0.25) is 0 Å². The minimum atomic E-state index is -0.257. The molecule has 22 heavy (non-hydrogen) atoms.